The summed E-state index contributed by atoms with van der Waals surface area (Å²) in [5.41, 5.74) is 2.17. The Morgan fingerprint density at radius 2 is 2.09 bits per heavy atom. The van der Waals surface area contributed by atoms with Gasteiger partial charge in [-0.3, -0.25) is 9.88 Å². The molecule has 2 aromatic rings. The molecule has 0 amide bonds. The van der Waals surface area contributed by atoms with Crippen LogP contribution in [0.25, 0.3) is 10.9 Å². The van der Waals surface area contributed by atoms with Crippen molar-refractivity contribution in [3.8, 4) is 5.75 Å². The number of methoxy groups -OCH3 is 1. The maximum atomic E-state index is 5.94. The predicted octanol–water partition coefficient (Wildman–Crippen LogP) is 5.37. The summed E-state index contributed by atoms with van der Waals surface area (Å²) < 4.78 is 5.58. The molecule has 1 aliphatic carbocycles. The highest BCUT2D eigenvalue weighted by molar-refractivity contribution is 7.80. The quantitative estimate of drug-likeness (QED) is 0.430. The number of hydrogen-bond acceptors (Lipinski definition) is 4. The van der Waals surface area contributed by atoms with E-state index in [9.17, 15) is 0 Å². The van der Waals surface area contributed by atoms with Crippen LogP contribution in [0.1, 0.15) is 63.5 Å². The van der Waals surface area contributed by atoms with Crippen molar-refractivity contribution < 1.29 is 4.74 Å². The van der Waals surface area contributed by atoms with Crippen LogP contribution in [0.4, 0.5) is 0 Å². The molecule has 4 fully saturated rings. The molecule has 1 saturated carbocycles. The number of nitrogens with one attached hydrogen (secondary N) is 2. The van der Waals surface area contributed by atoms with Crippen LogP contribution < -0.4 is 15.4 Å². The summed E-state index contributed by atoms with van der Waals surface area (Å²) in [5, 5.41) is 9.38. The van der Waals surface area contributed by atoms with Gasteiger partial charge in [-0.05, 0) is 93.0 Å². The van der Waals surface area contributed by atoms with Crippen LogP contribution in [-0.4, -0.2) is 46.8 Å². The lowest BCUT2D eigenvalue weighted by atomic mass is 9.66. The molecule has 2 bridgehead atoms. The summed E-state index contributed by atoms with van der Waals surface area (Å²) in [7, 11) is 1.72. The van der Waals surface area contributed by atoms with E-state index >= 15 is 0 Å². The number of pyridine rings is 1. The Kier molecular flexibility index (Phi) is 6.81. The van der Waals surface area contributed by atoms with E-state index in [0.29, 0.717) is 17.9 Å². The Hall–Kier alpha value is -2.18. The monoisotopic (exact) mass is 478 g/mol. The zero-order valence-electron chi connectivity index (χ0n) is 20.6. The first-order valence-corrected chi connectivity index (χ1v) is 13.3. The van der Waals surface area contributed by atoms with E-state index < -0.39 is 0 Å². The zero-order valence-corrected chi connectivity index (χ0v) is 21.4. The fourth-order valence-corrected chi connectivity index (χ4v) is 6.96. The van der Waals surface area contributed by atoms with Crippen molar-refractivity contribution in [1.82, 2.24) is 20.5 Å². The summed E-state index contributed by atoms with van der Waals surface area (Å²) >= 11 is 5.94. The Morgan fingerprint density at radius 1 is 1.26 bits per heavy atom. The molecule has 3 unspecified atom stereocenters. The summed E-state index contributed by atoms with van der Waals surface area (Å²) in [6.45, 7) is 8.75. The molecule has 4 aliphatic rings. The smallest absolute Gasteiger partial charge is 0.167 e. The van der Waals surface area contributed by atoms with Gasteiger partial charge in [-0.25, -0.2) is 0 Å². The first-order valence-electron chi connectivity index (χ1n) is 12.9. The Bertz CT molecular complexity index is 1050. The summed E-state index contributed by atoms with van der Waals surface area (Å²) in [4.78, 5) is 7.33. The highest BCUT2D eigenvalue weighted by atomic mass is 32.1. The lowest BCUT2D eigenvalue weighted by Gasteiger charge is -2.58. The first-order chi connectivity index (χ1) is 16.5. The zero-order chi connectivity index (χ0) is 23.7. The van der Waals surface area contributed by atoms with Gasteiger partial charge in [0.25, 0.3) is 0 Å². The van der Waals surface area contributed by atoms with Crippen LogP contribution >= 0.6 is 12.2 Å². The van der Waals surface area contributed by atoms with Crippen molar-refractivity contribution >= 4 is 28.2 Å². The number of aromatic nitrogens is 1. The average Bonchev–Trinajstić information content (AvgIpc) is 2.87. The van der Waals surface area contributed by atoms with E-state index in [2.05, 4.69) is 58.3 Å². The normalized spacial score (nSPS) is 30.0. The highest BCUT2D eigenvalue weighted by Crippen LogP contribution is 2.49. The molecule has 6 rings (SSSR count). The fourth-order valence-electron chi connectivity index (χ4n) is 6.67. The second-order valence-electron chi connectivity index (χ2n) is 10.6. The van der Waals surface area contributed by atoms with Crippen LogP contribution in [-0.2, 0) is 0 Å². The van der Waals surface area contributed by atoms with E-state index in [1.165, 1.54) is 44.1 Å². The van der Waals surface area contributed by atoms with Crippen molar-refractivity contribution in [1.29, 1.82) is 0 Å². The standard InChI is InChI=1S/C28H38N4OS/c1-4-19-18-32-15-13-20(19)17-28(32,2)26(31-27(34)30-21-8-6-5-7-9-21)23-12-14-29-25-11-10-22(33-3)16-24(23)25/h4,10-12,14,16,19-21,26H,1,5-9,13,15,17-18H2,2-3H3,(H2,30,31,34)/t19?,20?,26-,28-/m0/s1. The summed E-state index contributed by atoms with van der Waals surface area (Å²) in [5.74, 6) is 2.09. The van der Waals surface area contributed by atoms with Crippen molar-refractivity contribution in [2.45, 2.75) is 69.5 Å². The molecule has 1 aromatic heterocycles. The molecule has 5 atom stereocenters. The highest BCUT2D eigenvalue weighted by Gasteiger charge is 2.51. The molecule has 2 N–H and O–H groups in total. The molecule has 5 nitrogen and oxygen atoms in total. The minimum Gasteiger partial charge on any atom is -0.497 e. The summed E-state index contributed by atoms with van der Waals surface area (Å²) in [6, 6.07) is 8.85. The Morgan fingerprint density at radius 3 is 2.79 bits per heavy atom. The van der Waals surface area contributed by atoms with Gasteiger partial charge in [-0.15, -0.1) is 6.58 Å². The molecular weight excluding hydrogens is 440 g/mol. The second-order valence-corrected chi connectivity index (χ2v) is 11.0. The molecule has 1 aromatic carbocycles. The number of rotatable bonds is 6. The van der Waals surface area contributed by atoms with E-state index in [4.69, 9.17) is 17.0 Å². The van der Waals surface area contributed by atoms with Gasteiger partial charge in [0.15, 0.2) is 5.11 Å². The molecule has 6 heteroatoms. The van der Waals surface area contributed by atoms with Crippen LogP contribution in [0.3, 0.4) is 0 Å². The Labute approximate surface area is 209 Å². The van der Waals surface area contributed by atoms with Crippen molar-refractivity contribution in [3.63, 3.8) is 0 Å². The average molecular weight is 479 g/mol. The first kappa shape index (κ1) is 23.6. The maximum absolute atomic E-state index is 5.94. The number of ether oxygens (including phenoxy) is 1. The number of fused-ring (bicyclic) bond motifs is 4. The van der Waals surface area contributed by atoms with Gasteiger partial charge in [0.1, 0.15) is 5.75 Å². The van der Waals surface area contributed by atoms with Gasteiger partial charge in [-0.1, -0.05) is 25.3 Å². The molecular formula is C28H38N4OS. The van der Waals surface area contributed by atoms with Crippen LogP contribution in [0.15, 0.2) is 43.1 Å². The van der Waals surface area contributed by atoms with Crippen LogP contribution in [0, 0.1) is 11.8 Å². The minimum absolute atomic E-state index is 0.0438. The number of benzene rings is 1. The topological polar surface area (TPSA) is 49.4 Å². The van der Waals surface area contributed by atoms with Crippen LogP contribution in [0.5, 0.6) is 5.75 Å². The largest absolute Gasteiger partial charge is 0.497 e. The van der Waals surface area contributed by atoms with Crippen molar-refractivity contribution in [3.05, 3.63) is 48.7 Å². The van der Waals surface area contributed by atoms with E-state index in [1.54, 1.807) is 7.11 Å². The number of nitrogens with zero attached hydrogens (tertiary/aromatic N) is 2. The summed E-state index contributed by atoms with van der Waals surface area (Å²) in [6.07, 6.45) is 12.8. The van der Waals surface area contributed by atoms with E-state index in [1.807, 2.05) is 12.3 Å². The number of hydrogen-bond donors (Lipinski definition) is 2. The van der Waals surface area contributed by atoms with E-state index in [-0.39, 0.29) is 11.6 Å². The SMILES string of the molecule is C=CC1CN2CCC1C[C@@]2(C)[C@@H](NC(=S)NC1CCCCC1)c1ccnc2ccc(OC)cc12. The molecule has 4 heterocycles. The van der Waals surface area contributed by atoms with Crippen molar-refractivity contribution in [2.75, 3.05) is 20.2 Å². The van der Waals surface area contributed by atoms with E-state index in [0.717, 1.165) is 41.3 Å². The molecule has 3 aliphatic heterocycles. The molecule has 34 heavy (non-hydrogen) atoms. The molecule has 0 spiro atoms. The lowest BCUT2D eigenvalue weighted by molar-refractivity contribution is -0.0594. The maximum Gasteiger partial charge on any atom is 0.167 e. The third kappa shape index (κ3) is 4.42. The predicted molar refractivity (Wildman–Crippen MR) is 143 cm³/mol. The number of thiocarbonyl (C=S) groups is 1. The van der Waals surface area contributed by atoms with Crippen molar-refractivity contribution in [2.24, 2.45) is 11.8 Å². The lowest BCUT2D eigenvalue weighted by Crippen LogP contribution is -2.65. The minimum atomic E-state index is -0.0574. The van der Waals surface area contributed by atoms with Gasteiger partial charge in [-0.2, -0.15) is 0 Å². The molecule has 3 saturated heterocycles. The van der Waals surface area contributed by atoms with Gasteiger partial charge in [0.05, 0.1) is 18.7 Å². The van der Waals surface area contributed by atoms with Gasteiger partial charge in [0.2, 0.25) is 0 Å². The van der Waals surface area contributed by atoms with Gasteiger partial charge in [0, 0.05) is 29.7 Å². The van der Waals surface area contributed by atoms with Gasteiger partial charge < -0.3 is 15.4 Å². The third-order valence-electron chi connectivity index (χ3n) is 8.64. The third-order valence-corrected chi connectivity index (χ3v) is 8.87. The van der Waals surface area contributed by atoms with Gasteiger partial charge >= 0.3 is 0 Å². The Balaban J connectivity index is 1.52. The molecule has 182 valence electrons. The fraction of sp³-hybridized carbons (Fsp3) is 0.571. The second kappa shape index (κ2) is 9.82. The van der Waals surface area contributed by atoms with Crippen LogP contribution in [0.2, 0.25) is 0 Å². The number of piperidine rings is 3. The molecule has 0 radical (unpaired) electrons.